The molecule has 184 valence electrons. The molecular weight excluding hydrogens is 434 g/mol. The molecule has 0 saturated carbocycles. The molecule has 34 heavy (non-hydrogen) atoms. The SMILES string of the molecule is Cc1cc(OC[C@@H]2CN(C(=O)OC(C)(C)C)[C@H](C)CN2C(=O)OCc2ccccc2)cc(C)n1. The smallest absolute Gasteiger partial charge is 0.410 e. The zero-order valence-electron chi connectivity index (χ0n) is 20.9. The second-order valence-electron chi connectivity index (χ2n) is 9.72. The molecule has 0 bridgehead atoms. The van der Waals surface area contributed by atoms with Crippen LogP contribution in [0.4, 0.5) is 9.59 Å². The maximum atomic E-state index is 13.1. The fraction of sp³-hybridized carbons (Fsp3) is 0.500. The van der Waals surface area contributed by atoms with Crippen molar-refractivity contribution in [2.75, 3.05) is 19.7 Å². The highest BCUT2D eigenvalue weighted by Gasteiger charge is 2.39. The van der Waals surface area contributed by atoms with Gasteiger partial charge in [0.1, 0.15) is 24.6 Å². The van der Waals surface area contributed by atoms with Crippen molar-refractivity contribution in [3.05, 3.63) is 59.4 Å². The molecule has 1 aliphatic heterocycles. The number of nitrogens with zero attached hydrogens (tertiary/aromatic N) is 3. The van der Waals surface area contributed by atoms with Crippen molar-refractivity contribution >= 4 is 12.2 Å². The monoisotopic (exact) mass is 469 g/mol. The van der Waals surface area contributed by atoms with E-state index in [1.165, 1.54) is 0 Å². The molecule has 2 aromatic rings. The van der Waals surface area contributed by atoms with Crippen LogP contribution in [0.2, 0.25) is 0 Å². The van der Waals surface area contributed by atoms with Crippen LogP contribution in [0.15, 0.2) is 42.5 Å². The number of amides is 2. The topological polar surface area (TPSA) is 81.2 Å². The van der Waals surface area contributed by atoms with Gasteiger partial charge in [0.15, 0.2) is 0 Å². The van der Waals surface area contributed by atoms with Crippen molar-refractivity contribution in [1.82, 2.24) is 14.8 Å². The Morgan fingerprint density at radius 3 is 2.26 bits per heavy atom. The van der Waals surface area contributed by atoms with Crippen LogP contribution in [0, 0.1) is 13.8 Å². The standard InChI is InChI=1S/C26H35N3O5/c1-18-12-23(13-19(2)27-18)32-17-22-15-28(25(31)34-26(4,5)6)20(3)14-29(22)24(30)33-16-21-10-8-7-9-11-21/h7-13,20,22H,14-17H2,1-6H3/t20-,22+/m1/s1. The molecule has 2 atom stereocenters. The highest BCUT2D eigenvalue weighted by molar-refractivity contribution is 5.71. The highest BCUT2D eigenvalue weighted by atomic mass is 16.6. The lowest BCUT2D eigenvalue weighted by Crippen LogP contribution is -2.62. The summed E-state index contributed by atoms with van der Waals surface area (Å²) in [6.07, 6.45) is -0.840. The van der Waals surface area contributed by atoms with Crippen LogP contribution < -0.4 is 4.74 Å². The Bertz CT molecular complexity index is 969. The van der Waals surface area contributed by atoms with Gasteiger partial charge in [0.25, 0.3) is 0 Å². The molecule has 8 nitrogen and oxygen atoms in total. The van der Waals surface area contributed by atoms with Gasteiger partial charge in [0, 0.05) is 36.6 Å². The minimum absolute atomic E-state index is 0.177. The van der Waals surface area contributed by atoms with Crippen LogP contribution in [-0.4, -0.2) is 64.4 Å². The second-order valence-corrected chi connectivity index (χ2v) is 9.72. The first-order chi connectivity index (χ1) is 16.0. The van der Waals surface area contributed by atoms with Gasteiger partial charge in [-0.05, 0) is 47.1 Å². The van der Waals surface area contributed by atoms with E-state index in [0.29, 0.717) is 12.3 Å². The predicted molar refractivity (Wildman–Crippen MR) is 129 cm³/mol. The van der Waals surface area contributed by atoms with E-state index in [4.69, 9.17) is 14.2 Å². The Labute approximate surface area is 201 Å². The third-order valence-electron chi connectivity index (χ3n) is 5.41. The normalized spacial score (nSPS) is 18.4. The van der Waals surface area contributed by atoms with Gasteiger partial charge in [-0.3, -0.25) is 9.88 Å². The molecule has 1 aliphatic rings. The van der Waals surface area contributed by atoms with Crippen LogP contribution in [-0.2, 0) is 16.1 Å². The molecule has 2 amide bonds. The van der Waals surface area contributed by atoms with Crippen LogP contribution in [0.1, 0.15) is 44.6 Å². The third kappa shape index (κ3) is 7.10. The molecule has 1 saturated heterocycles. The maximum absolute atomic E-state index is 13.1. The summed E-state index contributed by atoms with van der Waals surface area (Å²) in [6, 6.07) is 12.6. The van der Waals surface area contributed by atoms with Gasteiger partial charge in [0.05, 0.1) is 12.1 Å². The van der Waals surface area contributed by atoms with E-state index in [1.54, 1.807) is 9.80 Å². The number of carbonyl (C=O) groups is 2. The lowest BCUT2D eigenvalue weighted by molar-refractivity contribution is -0.0207. The Balaban J connectivity index is 1.74. The molecular formula is C26H35N3O5. The Kier molecular flexibility index (Phi) is 8.02. The number of aromatic nitrogens is 1. The summed E-state index contributed by atoms with van der Waals surface area (Å²) >= 11 is 0. The third-order valence-corrected chi connectivity index (χ3v) is 5.41. The summed E-state index contributed by atoms with van der Waals surface area (Å²) in [5, 5.41) is 0. The molecule has 0 spiro atoms. The number of hydrogen-bond donors (Lipinski definition) is 0. The number of hydrogen-bond acceptors (Lipinski definition) is 6. The van der Waals surface area contributed by atoms with Crippen molar-refractivity contribution in [2.45, 2.75) is 65.8 Å². The molecule has 0 radical (unpaired) electrons. The molecule has 3 rings (SSSR count). The van der Waals surface area contributed by atoms with Crippen LogP contribution in [0.3, 0.4) is 0 Å². The van der Waals surface area contributed by atoms with Crippen LogP contribution in [0.5, 0.6) is 5.75 Å². The summed E-state index contributed by atoms with van der Waals surface area (Å²) in [6.45, 7) is 12.2. The van der Waals surface area contributed by atoms with Gasteiger partial charge >= 0.3 is 12.2 Å². The van der Waals surface area contributed by atoms with E-state index in [9.17, 15) is 9.59 Å². The predicted octanol–water partition coefficient (Wildman–Crippen LogP) is 4.72. The first-order valence-corrected chi connectivity index (χ1v) is 11.6. The summed E-state index contributed by atoms with van der Waals surface area (Å²) in [5.41, 5.74) is 2.00. The lowest BCUT2D eigenvalue weighted by Gasteiger charge is -2.44. The van der Waals surface area contributed by atoms with Gasteiger partial charge in [0.2, 0.25) is 0 Å². The summed E-state index contributed by atoms with van der Waals surface area (Å²) < 4.78 is 17.2. The number of carbonyl (C=O) groups excluding carboxylic acids is 2. The summed E-state index contributed by atoms with van der Waals surface area (Å²) in [4.78, 5) is 33.6. The average molecular weight is 470 g/mol. The van der Waals surface area contributed by atoms with E-state index >= 15 is 0 Å². The highest BCUT2D eigenvalue weighted by Crippen LogP contribution is 2.22. The fourth-order valence-electron chi connectivity index (χ4n) is 3.85. The van der Waals surface area contributed by atoms with Gasteiger partial charge < -0.3 is 19.1 Å². The zero-order valence-corrected chi connectivity index (χ0v) is 20.9. The van der Waals surface area contributed by atoms with Gasteiger partial charge in [-0.15, -0.1) is 0 Å². The molecule has 1 aromatic carbocycles. The van der Waals surface area contributed by atoms with Gasteiger partial charge in [-0.25, -0.2) is 9.59 Å². The fourth-order valence-corrected chi connectivity index (χ4v) is 3.85. The van der Waals surface area contributed by atoms with Crippen LogP contribution in [0.25, 0.3) is 0 Å². The van der Waals surface area contributed by atoms with Crippen molar-refractivity contribution in [3.63, 3.8) is 0 Å². The minimum Gasteiger partial charge on any atom is -0.491 e. The van der Waals surface area contributed by atoms with E-state index in [1.807, 2.05) is 84.0 Å². The zero-order chi connectivity index (χ0) is 24.9. The molecule has 0 unspecified atom stereocenters. The number of ether oxygens (including phenoxy) is 3. The second kappa shape index (κ2) is 10.8. The summed E-state index contributed by atoms with van der Waals surface area (Å²) in [5.74, 6) is 0.671. The number of pyridine rings is 1. The number of rotatable bonds is 5. The Hall–Kier alpha value is -3.29. The number of benzene rings is 1. The van der Waals surface area contributed by atoms with Gasteiger partial charge in [-0.1, -0.05) is 30.3 Å². The van der Waals surface area contributed by atoms with Crippen molar-refractivity contribution in [2.24, 2.45) is 0 Å². The van der Waals surface area contributed by atoms with E-state index in [0.717, 1.165) is 17.0 Å². The van der Waals surface area contributed by atoms with E-state index in [-0.39, 0.29) is 25.8 Å². The first kappa shape index (κ1) is 25.3. The number of piperazine rings is 1. The van der Waals surface area contributed by atoms with Crippen molar-refractivity contribution in [1.29, 1.82) is 0 Å². The van der Waals surface area contributed by atoms with E-state index < -0.39 is 23.8 Å². The molecule has 2 heterocycles. The lowest BCUT2D eigenvalue weighted by atomic mass is 10.1. The van der Waals surface area contributed by atoms with E-state index in [2.05, 4.69) is 4.98 Å². The minimum atomic E-state index is -0.610. The Morgan fingerprint density at radius 2 is 1.65 bits per heavy atom. The molecule has 1 aromatic heterocycles. The maximum Gasteiger partial charge on any atom is 0.410 e. The quantitative estimate of drug-likeness (QED) is 0.630. The summed E-state index contributed by atoms with van der Waals surface area (Å²) in [7, 11) is 0. The molecule has 1 fully saturated rings. The number of aryl methyl sites for hydroxylation is 2. The van der Waals surface area contributed by atoms with Crippen molar-refractivity contribution < 1.29 is 23.8 Å². The molecule has 0 aliphatic carbocycles. The van der Waals surface area contributed by atoms with Crippen LogP contribution >= 0.6 is 0 Å². The Morgan fingerprint density at radius 1 is 1.00 bits per heavy atom. The molecule has 8 heteroatoms. The van der Waals surface area contributed by atoms with Gasteiger partial charge in [-0.2, -0.15) is 0 Å². The molecule has 0 N–H and O–H groups in total. The first-order valence-electron chi connectivity index (χ1n) is 11.6. The average Bonchev–Trinajstić information content (AvgIpc) is 2.75. The van der Waals surface area contributed by atoms with Crippen molar-refractivity contribution in [3.8, 4) is 5.75 Å². The largest absolute Gasteiger partial charge is 0.491 e.